The normalized spacial score (nSPS) is 9.60. The van der Waals surface area contributed by atoms with Crippen LogP contribution in [0.3, 0.4) is 0 Å². The van der Waals surface area contributed by atoms with Gasteiger partial charge in [0.25, 0.3) is 0 Å². The molecule has 0 aliphatic rings. The van der Waals surface area contributed by atoms with Crippen LogP contribution >= 0.6 is 15.9 Å². The third kappa shape index (κ3) is 2.03. The summed E-state index contributed by atoms with van der Waals surface area (Å²) in [5.74, 6) is 0. The lowest BCUT2D eigenvalue weighted by Crippen LogP contribution is -1.91. The van der Waals surface area contributed by atoms with E-state index in [1.54, 1.807) is 18.3 Å². The Hall–Kier alpha value is -1.73. The number of hydrogen-bond acceptors (Lipinski definition) is 3. The lowest BCUT2D eigenvalue weighted by molar-refractivity contribution is 1.21. The molecule has 4 heteroatoms. The van der Waals surface area contributed by atoms with Crippen LogP contribution in [-0.2, 0) is 0 Å². The van der Waals surface area contributed by atoms with Gasteiger partial charge in [0.05, 0.1) is 11.3 Å². The molecule has 0 aromatic carbocycles. The fourth-order valence-electron chi connectivity index (χ4n) is 1.24. The summed E-state index contributed by atoms with van der Waals surface area (Å²) >= 11 is 3.28. The molecule has 0 N–H and O–H groups in total. The van der Waals surface area contributed by atoms with Crippen LogP contribution in [0.4, 0.5) is 0 Å². The maximum atomic E-state index is 8.92. The van der Waals surface area contributed by atoms with Crippen LogP contribution in [0, 0.1) is 11.3 Å². The molecule has 0 aliphatic carbocycles. The van der Waals surface area contributed by atoms with E-state index in [0.717, 1.165) is 4.60 Å². The number of hydrogen-bond donors (Lipinski definition) is 0. The molecule has 72 valence electrons. The molecule has 2 aromatic rings. The summed E-state index contributed by atoms with van der Waals surface area (Å²) in [6.07, 6.45) is 1.65. The van der Waals surface area contributed by atoms with E-state index >= 15 is 0 Å². The lowest BCUT2D eigenvalue weighted by atomic mass is 10.1. The second-order valence-corrected chi connectivity index (χ2v) is 3.67. The number of nitrogens with zero attached hydrogens (tertiary/aromatic N) is 3. The summed E-state index contributed by atoms with van der Waals surface area (Å²) in [5, 5.41) is 8.92. The van der Waals surface area contributed by atoms with Gasteiger partial charge in [-0.3, -0.25) is 4.98 Å². The summed E-state index contributed by atoms with van der Waals surface area (Å²) in [6.45, 7) is 0. The summed E-state index contributed by atoms with van der Waals surface area (Å²) in [6, 6.07) is 11.1. The standard InChI is InChI=1S/C11H6BrN3/c12-10-5-1-4-9(15-10)11-8(7-13)3-2-6-14-11/h1-6H. The highest BCUT2D eigenvalue weighted by atomic mass is 79.9. The Morgan fingerprint density at radius 3 is 2.80 bits per heavy atom. The van der Waals surface area contributed by atoms with E-state index < -0.39 is 0 Å². The fraction of sp³-hybridized carbons (Fsp3) is 0. The SMILES string of the molecule is N#Cc1cccnc1-c1cccc(Br)n1. The van der Waals surface area contributed by atoms with E-state index in [0.29, 0.717) is 17.0 Å². The molecule has 0 amide bonds. The highest BCUT2D eigenvalue weighted by Gasteiger charge is 2.06. The van der Waals surface area contributed by atoms with Crippen molar-refractivity contribution in [1.82, 2.24) is 9.97 Å². The number of aromatic nitrogens is 2. The molecule has 3 nitrogen and oxygen atoms in total. The van der Waals surface area contributed by atoms with Crippen molar-refractivity contribution in [3.63, 3.8) is 0 Å². The smallest absolute Gasteiger partial charge is 0.106 e. The second kappa shape index (κ2) is 4.20. The van der Waals surface area contributed by atoms with Crippen molar-refractivity contribution in [2.75, 3.05) is 0 Å². The molecule has 0 saturated heterocycles. The zero-order valence-corrected chi connectivity index (χ0v) is 9.27. The van der Waals surface area contributed by atoms with Crippen molar-refractivity contribution in [1.29, 1.82) is 5.26 Å². The van der Waals surface area contributed by atoms with Gasteiger partial charge in [-0.05, 0) is 40.2 Å². The van der Waals surface area contributed by atoms with Crippen LogP contribution in [0.25, 0.3) is 11.4 Å². The van der Waals surface area contributed by atoms with Gasteiger partial charge in [0, 0.05) is 6.20 Å². The summed E-state index contributed by atoms with van der Waals surface area (Å²) in [4.78, 5) is 8.41. The molecule has 15 heavy (non-hydrogen) atoms. The highest BCUT2D eigenvalue weighted by molar-refractivity contribution is 9.10. The van der Waals surface area contributed by atoms with E-state index in [-0.39, 0.29) is 0 Å². The third-order valence-electron chi connectivity index (χ3n) is 1.89. The first kappa shape index (κ1) is 9.81. The molecule has 0 spiro atoms. The fourth-order valence-corrected chi connectivity index (χ4v) is 1.58. The van der Waals surface area contributed by atoms with Gasteiger partial charge in [0.2, 0.25) is 0 Å². The molecule has 0 atom stereocenters. The van der Waals surface area contributed by atoms with E-state index in [1.807, 2.05) is 18.2 Å². The Kier molecular flexibility index (Phi) is 2.75. The Balaban J connectivity index is 2.60. The van der Waals surface area contributed by atoms with E-state index in [9.17, 15) is 0 Å². The minimum Gasteiger partial charge on any atom is -0.253 e. The number of halogens is 1. The van der Waals surface area contributed by atoms with Crippen LogP contribution in [0.1, 0.15) is 5.56 Å². The molecule has 0 unspecified atom stereocenters. The average Bonchev–Trinajstić information content (AvgIpc) is 2.29. The van der Waals surface area contributed by atoms with Gasteiger partial charge >= 0.3 is 0 Å². The van der Waals surface area contributed by atoms with Crippen LogP contribution in [0.15, 0.2) is 41.1 Å². The van der Waals surface area contributed by atoms with Gasteiger partial charge < -0.3 is 0 Å². The van der Waals surface area contributed by atoms with Gasteiger partial charge in [0.1, 0.15) is 16.4 Å². The zero-order chi connectivity index (χ0) is 10.7. The second-order valence-electron chi connectivity index (χ2n) is 2.86. The number of nitriles is 1. The maximum absolute atomic E-state index is 8.92. The number of pyridine rings is 2. The van der Waals surface area contributed by atoms with Crippen molar-refractivity contribution in [2.45, 2.75) is 0 Å². The average molecular weight is 260 g/mol. The van der Waals surface area contributed by atoms with Crippen molar-refractivity contribution in [2.24, 2.45) is 0 Å². The highest BCUT2D eigenvalue weighted by Crippen LogP contribution is 2.19. The molecular weight excluding hydrogens is 254 g/mol. The minimum atomic E-state index is 0.531. The van der Waals surface area contributed by atoms with Gasteiger partial charge in [-0.25, -0.2) is 4.98 Å². The van der Waals surface area contributed by atoms with Crippen LogP contribution in [-0.4, -0.2) is 9.97 Å². The van der Waals surface area contributed by atoms with Gasteiger partial charge in [-0.2, -0.15) is 5.26 Å². The molecule has 0 saturated carbocycles. The van der Waals surface area contributed by atoms with E-state index in [2.05, 4.69) is 32.0 Å². The van der Waals surface area contributed by atoms with Crippen LogP contribution < -0.4 is 0 Å². The number of rotatable bonds is 1. The largest absolute Gasteiger partial charge is 0.253 e. The quantitative estimate of drug-likeness (QED) is 0.741. The molecule has 0 bridgehead atoms. The van der Waals surface area contributed by atoms with Crippen molar-refractivity contribution in [3.05, 3.63) is 46.7 Å². The molecule has 2 heterocycles. The first-order valence-electron chi connectivity index (χ1n) is 4.29. The van der Waals surface area contributed by atoms with Crippen molar-refractivity contribution >= 4 is 15.9 Å². The molecule has 0 aliphatic heterocycles. The first-order chi connectivity index (χ1) is 7.31. The van der Waals surface area contributed by atoms with Crippen molar-refractivity contribution < 1.29 is 0 Å². The molecule has 0 fully saturated rings. The van der Waals surface area contributed by atoms with Gasteiger partial charge in [-0.1, -0.05) is 6.07 Å². The topological polar surface area (TPSA) is 49.6 Å². The summed E-state index contributed by atoms with van der Waals surface area (Å²) < 4.78 is 0.731. The minimum absolute atomic E-state index is 0.531. The maximum Gasteiger partial charge on any atom is 0.106 e. The molecular formula is C11H6BrN3. The first-order valence-corrected chi connectivity index (χ1v) is 5.08. The Bertz CT molecular complexity index is 531. The summed E-state index contributed by atoms with van der Waals surface area (Å²) in [7, 11) is 0. The van der Waals surface area contributed by atoms with Crippen molar-refractivity contribution in [3.8, 4) is 17.5 Å². The van der Waals surface area contributed by atoms with E-state index in [1.165, 1.54) is 0 Å². The van der Waals surface area contributed by atoms with Crippen LogP contribution in [0.5, 0.6) is 0 Å². The zero-order valence-electron chi connectivity index (χ0n) is 7.68. The Labute approximate surface area is 95.6 Å². The lowest BCUT2D eigenvalue weighted by Gasteiger charge is -2.01. The third-order valence-corrected chi connectivity index (χ3v) is 2.33. The van der Waals surface area contributed by atoms with Crippen LogP contribution in [0.2, 0.25) is 0 Å². The molecule has 0 radical (unpaired) electrons. The molecule has 2 rings (SSSR count). The van der Waals surface area contributed by atoms with E-state index in [4.69, 9.17) is 5.26 Å². The Morgan fingerprint density at radius 1 is 1.20 bits per heavy atom. The summed E-state index contributed by atoms with van der Waals surface area (Å²) in [5.41, 5.74) is 1.84. The monoisotopic (exact) mass is 259 g/mol. The van der Waals surface area contributed by atoms with Gasteiger partial charge in [0.15, 0.2) is 0 Å². The van der Waals surface area contributed by atoms with Gasteiger partial charge in [-0.15, -0.1) is 0 Å². The molecule has 2 aromatic heterocycles. The predicted octanol–water partition coefficient (Wildman–Crippen LogP) is 2.78. The predicted molar refractivity (Wildman–Crippen MR) is 59.9 cm³/mol. The Morgan fingerprint density at radius 2 is 2.07 bits per heavy atom.